The second-order valence-electron chi connectivity index (χ2n) is 4.47. The van der Waals surface area contributed by atoms with Crippen LogP contribution in [0, 0.1) is 0 Å². The van der Waals surface area contributed by atoms with Crippen LogP contribution in [0.2, 0.25) is 5.02 Å². The Bertz CT molecular complexity index is 833. The minimum Gasteiger partial charge on any atom is -0.480 e. The van der Waals surface area contributed by atoms with Gasteiger partial charge in [0.1, 0.15) is 11.3 Å². The molecule has 0 aliphatic rings. The van der Waals surface area contributed by atoms with Crippen LogP contribution in [-0.4, -0.2) is 32.4 Å². The highest BCUT2D eigenvalue weighted by Gasteiger charge is 2.10. The molecular weight excluding hydrogens is 306 g/mol. The van der Waals surface area contributed by atoms with E-state index >= 15 is 0 Å². The molecule has 22 heavy (non-hydrogen) atoms. The molecule has 0 aliphatic carbocycles. The molecule has 0 unspecified atom stereocenters. The second-order valence-corrected chi connectivity index (χ2v) is 4.91. The van der Waals surface area contributed by atoms with Gasteiger partial charge in [-0.25, -0.2) is 9.97 Å². The predicted molar refractivity (Wildman–Crippen MR) is 80.0 cm³/mol. The highest BCUT2D eigenvalue weighted by molar-refractivity contribution is 6.30. The summed E-state index contributed by atoms with van der Waals surface area (Å²) < 4.78 is 6.74. The van der Waals surface area contributed by atoms with Crippen molar-refractivity contribution in [3.8, 4) is 5.88 Å². The molecule has 0 aromatic carbocycles. The molecule has 112 valence electrons. The number of halogens is 1. The maximum atomic E-state index is 12.0. The molecule has 7 nitrogen and oxygen atoms in total. The van der Waals surface area contributed by atoms with Gasteiger partial charge in [-0.3, -0.25) is 9.78 Å². The van der Waals surface area contributed by atoms with Crippen molar-refractivity contribution < 1.29 is 9.53 Å². The predicted octanol–water partition coefficient (Wildman–Crippen LogP) is 1.72. The highest BCUT2D eigenvalue weighted by Crippen LogP contribution is 2.11. The van der Waals surface area contributed by atoms with Gasteiger partial charge in [0.15, 0.2) is 0 Å². The standard InChI is InChI=1S/C14H12ClN5O2/c1-22-13-6-16-5-11(19-13)14(21)17-4-10-8-20-7-9(15)2-3-12(20)18-10/h2-3,5-8H,4H2,1H3,(H,17,21). The van der Waals surface area contributed by atoms with Crippen molar-refractivity contribution in [3.05, 3.63) is 53.3 Å². The smallest absolute Gasteiger partial charge is 0.271 e. The Morgan fingerprint density at radius 1 is 1.32 bits per heavy atom. The third-order valence-electron chi connectivity index (χ3n) is 2.95. The Hall–Kier alpha value is -2.67. The van der Waals surface area contributed by atoms with Gasteiger partial charge >= 0.3 is 0 Å². The molecule has 0 bridgehead atoms. The molecule has 3 rings (SSSR count). The van der Waals surface area contributed by atoms with Crippen molar-refractivity contribution in [2.24, 2.45) is 0 Å². The summed E-state index contributed by atoms with van der Waals surface area (Å²) in [5.74, 6) is -0.0588. The van der Waals surface area contributed by atoms with E-state index in [0.29, 0.717) is 10.7 Å². The largest absolute Gasteiger partial charge is 0.480 e. The Labute approximate surface area is 130 Å². The fraction of sp³-hybridized carbons (Fsp3) is 0.143. The molecule has 0 radical (unpaired) electrons. The van der Waals surface area contributed by atoms with Crippen LogP contribution >= 0.6 is 11.6 Å². The Morgan fingerprint density at radius 3 is 3.00 bits per heavy atom. The van der Waals surface area contributed by atoms with Gasteiger partial charge in [0.2, 0.25) is 5.88 Å². The zero-order valence-electron chi connectivity index (χ0n) is 11.7. The lowest BCUT2D eigenvalue weighted by atomic mass is 10.4. The molecular formula is C14H12ClN5O2. The zero-order valence-corrected chi connectivity index (χ0v) is 12.4. The minimum atomic E-state index is -0.346. The lowest BCUT2D eigenvalue weighted by Crippen LogP contribution is -2.24. The average molecular weight is 318 g/mol. The number of nitrogens with one attached hydrogen (secondary N) is 1. The van der Waals surface area contributed by atoms with Gasteiger partial charge in [0.25, 0.3) is 5.91 Å². The molecule has 0 saturated carbocycles. The van der Waals surface area contributed by atoms with E-state index in [4.69, 9.17) is 16.3 Å². The molecule has 3 aromatic rings. The summed E-state index contributed by atoms with van der Waals surface area (Å²) in [6.07, 6.45) is 6.37. The first-order chi connectivity index (χ1) is 10.7. The number of aromatic nitrogens is 4. The fourth-order valence-electron chi connectivity index (χ4n) is 1.92. The number of imidazole rings is 1. The number of ether oxygens (including phenoxy) is 1. The van der Waals surface area contributed by atoms with Crippen LogP contribution in [-0.2, 0) is 6.54 Å². The zero-order chi connectivity index (χ0) is 15.5. The fourth-order valence-corrected chi connectivity index (χ4v) is 2.09. The van der Waals surface area contributed by atoms with Crippen molar-refractivity contribution in [3.63, 3.8) is 0 Å². The molecule has 0 fully saturated rings. The number of carbonyl (C=O) groups excluding carboxylic acids is 1. The first-order valence-electron chi connectivity index (χ1n) is 6.43. The molecule has 0 saturated heterocycles. The third-order valence-corrected chi connectivity index (χ3v) is 3.17. The van der Waals surface area contributed by atoms with Crippen LogP contribution in [0.4, 0.5) is 0 Å². The number of fused-ring (bicyclic) bond motifs is 1. The Kier molecular flexibility index (Phi) is 3.88. The maximum Gasteiger partial charge on any atom is 0.271 e. The van der Waals surface area contributed by atoms with Crippen LogP contribution in [0.25, 0.3) is 5.65 Å². The van der Waals surface area contributed by atoms with Crippen molar-refractivity contribution in [1.29, 1.82) is 0 Å². The minimum absolute atomic E-state index is 0.186. The number of rotatable bonds is 4. The number of methoxy groups -OCH3 is 1. The summed E-state index contributed by atoms with van der Waals surface area (Å²) in [6, 6.07) is 3.57. The summed E-state index contributed by atoms with van der Waals surface area (Å²) in [5, 5.41) is 3.35. The van der Waals surface area contributed by atoms with Crippen molar-refractivity contribution in [2.45, 2.75) is 6.54 Å². The van der Waals surface area contributed by atoms with Crippen molar-refractivity contribution in [1.82, 2.24) is 24.7 Å². The molecule has 8 heteroatoms. The van der Waals surface area contributed by atoms with E-state index in [1.807, 2.05) is 0 Å². The molecule has 3 heterocycles. The number of hydrogen-bond acceptors (Lipinski definition) is 5. The number of amides is 1. The van der Waals surface area contributed by atoms with E-state index in [1.54, 1.807) is 28.9 Å². The van der Waals surface area contributed by atoms with Gasteiger partial charge in [0.05, 0.1) is 36.8 Å². The SMILES string of the molecule is COc1cncc(C(=O)NCc2cn3cc(Cl)ccc3n2)n1. The van der Waals surface area contributed by atoms with Gasteiger partial charge in [-0.15, -0.1) is 0 Å². The van der Waals surface area contributed by atoms with E-state index in [-0.39, 0.29) is 24.0 Å². The van der Waals surface area contributed by atoms with Gasteiger partial charge in [-0.05, 0) is 12.1 Å². The van der Waals surface area contributed by atoms with Crippen LogP contribution in [0.1, 0.15) is 16.2 Å². The van der Waals surface area contributed by atoms with Crippen LogP contribution in [0.15, 0.2) is 36.9 Å². The molecule has 1 amide bonds. The summed E-state index contributed by atoms with van der Waals surface area (Å²) in [5.41, 5.74) is 1.66. The molecule has 0 aliphatic heterocycles. The van der Waals surface area contributed by atoms with Crippen molar-refractivity contribution >= 4 is 23.2 Å². The Balaban J connectivity index is 1.71. The first kappa shape index (κ1) is 14.3. The topological polar surface area (TPSA) is 81.4 Å². The van der Waals surface area contributed by atoms with E-state index in [0.717, 1.165) is 5.65 Å². The summed E-state index contributed by atoms with van der Waals surface area (Å²) in [6.45, 7) is 0.275. The van der Waals surface area contributed by atoms with E-state index in [1.165, 1.54) is 19.5 Å². The third kappa shape index (κ3) is 2.99. The molecule has 0 spiro atoms. The van der Waals surface area contributed by atoms with Gasteiger partial charge < -0.3 is 14.5 Å². The number of carbonyl (C=O) groups is 1. The first-order valence-corrected chi connectivity index (χ1v) is 6.81. The lowest BCUT2D eigenvalue weighted by Gasteiger charge is -2.03. The monoisotopic (exact) mass is 317 g/mol. The maximum absolute atomic E-state index is 12.0. The Morgan fingerprint density at radius 2 is 2.18 bits per heavy atom. The normalized spacial score (nSPS) is 10.6. The number of hydrogen-bond donors (Lipinski definition) is 1. The van der Waals surface area contributed by atoms with E-state index < -0.39 is 0 Å². The molecule has 1 N–H and O–H groups in total. The van der Waals surface area contributed by atoms with E-state index in [2.05, 4.69) is 20.3 Å². The van der Waals surface area contributed by atoms with Crippen LogP contribution < -0.4 is 10.1 Å². The van der Waals surface area contributed by atoms with Gasteiger partial charge in [-0.2, -0.15) is 0 Å². The van der Waals surface area contributed by atoms with E-state index in [9.17, 15) is 4.79 Å². The molecule has 3 aromatic heterocycles. The van der Waals surface area contributed by atoms with Crippen molar-refractivity contribution in [2.75, 3.05) is 7.11 Å². The summed E-state index contributed by atoms with van der Waals surface area (Å²) in [7, 11) is 1.47. The highest BCUT2D eigenvalue weighted by atomic mass is 35.5. The average Bonchev–Trinajstić information content (AvgIpc) is 2.94. The molecule has 0 atom stereocenters. The number of nitrogens with zero attached hydrogens (tertiary/aromatic N) is 4. The van der Waals surface area contributed by atoms with Crippen LogP contribution in [0.5, 0.6) is 5.88 Å². The summed E-state index contributed by atoms with van der Waals surface area (Å²) >= 11 is 5.92. The van der Waals surface area contributed by atoms with Gasteiger partial charge in [0, 0.05) is 12.4 Å². The van der Waals surface area contributed by atoms with Crippen LogP contribution in [0.3, 0.4) is 0 Å². The number of pyridine rings is 1. The van der Waals surface area contributed by atoms with Gasteiger partial charge in [-0.1, -0.05) is 11.6 Å². The second kappa shape index (κ2) is 5.98. The quantitative estimate of drug-likeness (QED) is 0.792. The summed E-state index contributed by atoms with van der Waals surface area (Å²) in [4.78, 5) is 24.3. The lowest BCUT2D eigenvalue weighted by molar-refractivity contribution is 0.0944.